The van der Waals surface area contributed by atoms with E-state index in [1.54, 1.807) is 19.4 Å². The van der Waals surface area contributed by atoms with Crippen LogP contribution < -0.4 is 15.4 Å². The number of nitrogens with zero attached hydrogens (tertiary/aromatic N) is 2. The summed E-state index contributed by atoms with van der Waals surface area (Å²) < 4.78 is 24.5. The molecule has 3 aromatic rings. The molecule has 1 atom stereocenters. The van der Waals surface area contributed by atoms with Crippen molar-refractivity contribution < 1.29 is 13.5 Å². The number of nitrogens with one attached hydrogen (secondary N) is 2. The van der Waals surface area contributed by atoms with Gasteiger partial charge < -0.3 is 19.8 Å². The number of benzene rings is 2. The SMILES string of the molecule is CN=C(NCc1ccccc1CN(C)Cc1ccco1)NC(C)c1ccc(OC)c(F)c1. The first-order valence-corrected chi connectivity index (χ1v) is 10.6. The van der Waals surface area contributed by atoms with Crippen LogP contribution in [0.1, 0.15) is 35.4 Å². The summed E-state index contributed by atoms with van der Waals surface area (Å²) in [6.45, 7) is 4.12. The summed E-state index contributed by atoms with van der Waals surface area (Å²) in [7, 11) is 5.25. The van der Waals surface area contributed by atoms with Crippen molar-refractivity contribution in [2.24, 2.45) is 4.99 Å². The van der Waals surface area contributed by atoms with Crippen LogP contribution in [0.5, 0.6) is 5.75 Å². The van der Waals surface area contributed by atoms with Gasteiger partial charge in [0.15, 0.2) is 17.5 Å². The summed E-state index contributed by atoms with van der Waals surface area (Å²) in [5.74, 6) is 1.44. The van der Waals surface area contributed by atoms with Crippen molar-refractivity contribution in [3.63, 3.8) is 0 Å². The molecule has 0 aliphatic carbocycles. The minimum absolute atomic E-state index is 0.128. The number of aliphatic imine (C=N–C) groups is 1. The van der Waals surface area contributed by atoms with Gasteiger partial charge >= 0.3 is 0 Å². The Bertz CT molecular complexity index is 1020. The van der Waals surface area contributed by atoms with E-state index in [4.69, 9.17) is 9.15 Å². The molecule has 0 radical (unpaired) electrons. The molecule has 2 aromatic carbocycles. The molecular weight excluding hydrogens is 407 g/mol. The van der Waals surface area contributed by atoms with Crippen LogP contribution in [0.3, 0.4) is 0 Å². The second-order valence-electron chi connectivity index (χ2n) is 7.71. The number of rotatable bonds is 9. The highest BCUT2D eigenvalue weighted by atomic mass is 19.1. The van der Waals surface area contributed by atoms with E-state index in [9.17, 15) is 4.39 Å². The van der Waals surface area contributed by atoms with Gasteiger partial charge in [-0.2, -0.15) is 0 Å². The normalized spacial score (nSPS) is 12.6. The maximum atomic E-state index is 14.1. The molecule has 32 heavy (non-hydrogen) atoms. The molecule has 1 heterocycles. The number of furan rings is 1. The molecule has 0 fully saturated rings. The third kappa shape index (κ3) is 6.34. The fourth-order valence-corrected chi connectivity index (χ4v) is 3.51. The fraction of sp³-hybridized carbons (Fsp3) is 0.320. The maximum absolute atomic E-state index is 14.1. The largest absolute Gasteiger partial charge is 0.494 e. The maximum Gasteiger partial charge on any atom is 0.191 e. The van der Waals surface area contributed by atoms with E-state index in [1.165, 1.54) is 24.3 Å². The average Bonchev–Trinajstić information content (AvgIpc) is 3.30. The first kappa shape index (κ1) is 23.3. The number of halogens is 1. The second-order valence-corrected chi connectivity index (χ2v) is 7.71. The van der Waals surface area contributed by atoms with E-state index in [1.807, 2.05) is 37.3 Å². The van der Waals surface area contributed by atoms with Crippen LogP contribution in [0.15, 0.2) is 70.3 Å². The standard InChI is InChI=1S/C25H31FN4O2/c1-18(19-11-12-24(31-4)23(26)14-19)29-25(27-2)28-15-20-8-5-6-9-21(20)16-30(3)17-22-10-7-13-32-22/h5-14,18H,15-17H2,1-4H3,(H2,27,28,29). The zero-order valence-corrected chi connectivity index (χ0v) is 19.1. The van der Waals surface area contributed by atoms with Crippen LogP contribution in [0, 0.1) is 5.82 Å². The van der Waals surface area contributed by atoms with Crippen LogP contribution in [-0.4, -0.2) is 32.1 Å². The molecule has 2 N–H and O–H groups in total. The van der Waals surface area contributed by atoms with Gasteiger partial charge in [0.2, 0.25) is 0 Å². The minimum atomic E-state index is -0.380. The first-order chi connectivity index (χ1) is 15.5. The lowest BCUT2D eigenvalue weighted by molar-refractivity contribution is 0.287. The summed E-state index contributed by atoms with van der Waals surface area (Å²) in [5, 5.41) is 6.68. The van der Waals surface area contributed by atoms with Crippen molar-refractivity contribution in [2.45, 2.75) is 32.6 Å². The summed E-state index contributed by atoms with van der Waals surface area (Å²) in [4.78, 5) is 6.53. The summed E-state index contributed by atoms with van der Waals surface area (Å²) in [6.07, 6.45) is 1.70. The summed E-state index contributed by atoms with van der Waals surface area (Å²) in [6, 6.07) is 17.0. The van der Waals surface area contributed by atoms with Crippen molar-refractivity contribution in [3.05, 3.63) is 89.1 Å². The molecule has 1 unspecified atom stereocenters. The minimum Gasteiger partial charge on any atom is -0.494 e. The fourth-order valence-electron chi connectivity index (χ4n) is 3.51. The quantitative estimate of drug-likeness (QED) is 0.381. The van der Waals surface area contributed by atoms with E-state index in [2.05, 4.69) is 39.7 Å². The van der Waals surface area contributed by atoms with Gasteiger partial charge in [-0.3, -0.25) is 9.89 Å². The molecule has 0 aliphatic heterocycles. The predicted molar refractivity (Wildman–Crippen MR) is 125 cm³/mol. The van der Waals surface area contributed by atoms with Crippen LogP contribution in [-0.2, 0) is 19.6 Å². The summed E-state index contributed by atoms with van der Waals surface area (Å²) in [5.41, 5.74) is 3.23. The number of guanidine groups is 1. The van der Waals surface area contributed by atoms with Crippen molar-refractivity contribution in [1.29, 1.82) is 0 Å². The molecule has 6 nitrogen and oxygen atoms in total. The van der Waals surface area contributed by atoms with Crippen molar-refractivity contribution in [1.82, 2.24) is 15.5 Å². The molecule has 0 bridgehead atoms. The van der Waals surface area contributed by atoms with Crippen LogP contribution in [0.25, 0.3) is 0 Å². The van der Waals surface area contributed by atoms with Gasteiger partial charge in [-0.05, 0) is 54.9 Å². The topological polar surface area (TPSA) is 62.0 Å². The Kier molecular flexibility index (Phi) is 8.27. The Morgan fingerprint density at radius 1 is 1.12 bits per heavy atom. The van der Waals surface area contributed by atoms with E-state index >= 15 is 0 Å². The average molecular weight is 439 g/mol. The van der Waals surface area contributed by atoms with Crippen LogP contribution in [0.2, 0.25) is 0 Å². The van der Waals surface area contributed by atoms with E-state index < -0.39 is 0 Å². The Morgan fingerprint density at radius 2 is 1.91 bits per heavy atom. The lowest BCUT2D eigenvalue weighted by Gasteiger charge is -2.21. The third-order valence-corrected chi connectivity index (χ3v) is 5.26. The van der Waals surface area contributed by atoms with Gasteiger partial charge in [0, 0.05) is 20.1 Å². The zero-order valence-electron chi connectivity index (χ0n) is 19.1. The highest BCUT2D eigenvalue weighted by Gasteiger charge is 2.12. The number of ether oxygens (including phenoxy) is 1. The van der Waals surface area contributed by atoms with Gasteiger partial charge in [0.1, 0.15) is 5.76 Å². The van der Waals surface area contributed by atoms with Gasteiger partial charge in [-0.1, -0.05) is 30.3 Å². The highest BCUT2D eigenvalue weighted by Crippen LogP contribution is 2.21. The van der Waals surface area contributed by atoms with E-state index in [0.717, 1.165) is 24.4 Å². The number of hydrogen-bond acceptors (Lipinski definition) is 4. The first-order valence-electron chi connectivity index (χ1n) is 10.6. The molecule has 7 heteroatoms. The lowest BCUT2D eigenvalue weighted by Crippen LogP contribution is -2.38. The number of methoxy groups -OCH3 is 1. The highest BCUT2D eigenvalue weighted by molar-refractivity contribution is 5.80. The molecule has 0 amide bonds. The monoisotopic (exact) mass is 438 g/mol. The van der Waals surface area contributed by atoms with E-state index in [-0.39, 0.29) is 17.6 Å². The Hall–Kier alpha value is -3.32. The molecule has 0 saturated carbocycles. The lowest BCUT2D eigenvalue weighted by atomic mass is 10.1. The van der Waals surface area contributed by atoms with Gasteiger partial charge in [-0.15, -0.1) is 0 Å². The Labute approximate surface area is 189 Å². The zero-order chi connectivity index (χ0) is 22.9. The van der Waals surface area contributed by atoms with Gasteiger partial charge in [-0.25, -0.2) is 4.39 Å². The molecule has 0 spiro atoms. The number of hydrogen-bond donors (Lipinski definition) is 2. The second kappa shape index (κ2) is 11.3. The Morgan fingerprint density at radius 3 is 2.56 bits per heavy atom. The van der Waals surface area contributed by atoms with Crippen molar-refractivity contribution in [2.75, 3.05) is 21.2 Å². The summed E-state index contributed by atoms with van der Waals surface area (Å²) >= 11 is 0. The Balaban J connectivity index is 1.59. The van der Waals surface area contributed by atoms with Crippen molar-refractivity contribution in [3.8, 4) is 5.75 Å². The van der Waals surface area contributed by atoms with Crippen molar-refractivity contribution >= 4 is 5.96 Å². The van der Waals surface area contributed by atoms with Gasteiger partial charge in [0.05, 0.1) is 26.0 Å². The van der Waals surface area contributed by atoms with E-state index in [0.29, 0.717) is 12.5 Å². The van der Waals surface area contributed by atoms with Crippen LogP contribution >= 0.6 is 0 Å². The smallest absolute Gasteiger partial charge is 0.191 e. The third-order valence-electron chi connectivity index (χ3n) is 5.26. The molecule has 1 aromatic heterocycles. The predicted octanol–water partition coefficient (Wildman–Crippen LogP) is 4.49. The van der Waals surface area contributed by atoms with Gasteiger partial charge in [0.25, 0.3) is 0 Å². The van der Waals surface area contributed by atoms with Crippen LogP contribution in [0.4, 0.5) is 4.39 Å². The molecule has 170 valence electrons. The molecule has 0 saturated heterocycles. The molecule has 0 aliphatic rings. The molecular formula is C25H31FN4O2. The molecule has 3 rings (SSSR count).